The Hall–Kier alpha value is -2.43. The summed E-state index contributed by atoms with van der Waals surface area (Å²) in [7, 11) is 1.59. The van der Waals surface area contributed by atoms with Gasteiger partial charge in [0.15, 0.2) is 0 Å². The number of anilines is 1. The molecule has 0 saturated heterocycles. The second kappa shape index (κ2) is 5.95. The van der Waals surface area contributed by atoms with Gasteiger partial charge in [0.1, 0.15) is 5.75 Å². The zero-order valence-corrected chi connectivity index (χ0v) is 10.9. The monoisotopic (exact) mass is 257 g/mol. The molecule has 0 radical (unpaired) electrons. The van der Waals surface area contributed by atoms with Crippen molar-refractivity contribution >= 4 is 11.9 Å². The van der Waals surface area contributed by atoms with Crippen LogP contribution < -0.4 is 10.1 Å². The molecule has 0 fully saturated rings. The molecule has 0 aliphatic carbocycles. The maximum absolute atomic E-state index is 11.9. The standard InChI is InChI=1S/C14H15N3O2/c1-10-4-5-12(19-2)11(8-10)9-13(18)17-14-15-6-3-7-16-14/h3-8H,9H2,1-2H3,(H,15,16,17,18). The van der Waals surface area contributed by atoms with Crippen LogP contribution >= 0.6 is 0 Å². The molecule has 98 valence electrons. The van der Waals surface area contributed by atoms with E-state index in [1.165, 1.54) is 0 Å². The SMILES string of the molecule is COc1ccc(C)cc1CC(=O)Nc1ncccn1. The van der Waals surface area contributed by atoms with Crippen LogP contribution in [-0.4, -0.2) is 23.0 Å². The zero-order chi connectivity index (χ0) is 13.7. The van der Waals surface area contributed by atoms with Crippen molar-refractivity contribution in [3.8, 4) is 5.75 Å². The number of amides is 1. The Morgan fingerprint density at radius 1 is 1.32 bits per heavy atom. The van der Waals surface area contributed by atoms with Crippen LogP contribution in [0.2, 0.25) is 0 Å². The highest BCUT2D eigenvalue weighted by atomic mass is 16.5. The van der Waals surface area contributed by atoms with Crippen LogP contribution in [-0.2, 0) is 11.2 Å². The first-order valence-electron chi connectivity index (χ1n) is 5.89. The maximum atomic E-state index is 11.9. The van der Waals surface area contributed by atoms with Gasteiger partial charge in [0, 0.05) is 18.0 Å². The molecule has 0 unspecified atom stereocenters. The van der Waals surface area contributed by atoms with Crippen LogP contribution in [0.15, 0.2) is 36.7 Å². The first-order chi connectivity index (χ1) is 9.19. The van der Waals surface area contributed by atoms with E-state index in [4.69, 9.17) is 4.74 Å². The number of hydrogen-bond acceptors (Lipinski definition) is 4. The molecule has 1 aromatic heterocycles. The van der Waals surface area contributed by atoms with E-state index < -0.39 is 0 Å². The van der Waals surface area contributed by atoms with Gasteiger partial charge in [-0.25, -0.2) is 9.97 Å². The molecule has 1 aromatic carbocycles. The van der Waals surface area contributed by atoms with Gasteiger partial charge in [-0.2, -0.15) is 0 Å². The molecule has 0 aliphatic rings. The molecule has 0 spiro atoms. The number of carbonyl (C=O) groups excluding carboxylic acids is 1. The fraction of sp³-hybridized carbons (Fsp3) is 0.214. The van der Waals surface area contributed by atoms with Gasteiger partial charge in [-0.1, -0.05) is 17.7 Å². The summed E-state index contributed by atoms with van der Waals surface area (Å²) in [6, 6.07) is 7.43. The maximum Gasteiger partial charge on any atom is 0.231 e. The van der Waals surface area contributed by atoms with E-state index in [2.05, 4.69) is 15.3 Å². The topological polar surface area (TPSA) is 64.1 Å². The summed E-state index contributed by atoms with van der Waals surface area (Å²) >= 11 is 0. The van der Waals surface area contributed by atoms with Crippen LogP contribution in [0.1, 0.15) is 11.1 Å². The number of nitrogens with zero attached hydrogens (tertiary/aromatic N) is 2. The number of hydrogen-bond donors (Lipinski definition) is 1. The van der Waals surface area contributed by atoms with E-state index in [-0.39, 0.29) is 12.3 Å². The van der Waals surface area contributed by atoms with Crippen molar-refractivity contribution in [2.75, 3.05) is 12.4 Å². The molecule has 0 atom stereocenters. The van der Waals surface area contributed by atoms with Crippen molar-refractivity contribution in [1.29, 1.82) is 0 Å². The van der Waals surface area contributed by atoms with Crippen molar-refractivity contribution in [3.63, 3.8) is 0 Å². The Morgan fingerprint density at radius 3 is 2.74 bits per heavy atom. The third-order valence-electron chi connectivity index (χ3n) is 2.60. The molecule has 2 rings (SSSR count). The summed E-state index contributed by atoms with van der Waals surface area (Å²) in [4.78, 5) is 19.8. The molecule has 1 N–H and O–H groups in total. The molecular formula is C14H15N3O2. The van der Waals surface area contributed by atoms with E-state index in [9.17, 15) is 4.79 Å². The fourth-order valence-electron chi connectivity index (χ4n) is 1.75. The predicted molar refractivity (Wildman–Crippen MR) is 72.1 cm³/mol. The molecule has 5 heteroatoms. The smallest absolute Gasteiger partial charge is 0.231 e. The summed E-state index contributed by atoms with van der Waals surface area (Å²) in [5.74, 6) is 0.837. The Balaban J connectivity index is 2.09. The Bertz CT molecular complexity index is 570. The average Bonchev–Trinajstić information content (AvgIpc) is 2.40. The van der Waals surface area contributed by atoms with Crippen molar-refractivity contribution in [1.82, 2.24) is 9.97 Å². The normalized spacial score (nSPS) is 10.0. The van der Waals surface area contributed by atoms with Gasteiger partial charge >= 0.3 is 0 Å². The molecule has 1 amide bonds. The lowest BCUT2D eigenvalue weighted by Gasteiger charge is -2.09. The number of nitrogens with one attached hydrogen (secondary N) is 1. The van der Waals surface area contributed by atoms with E-state index in [1.54, 1.807) is 25.6 Å². The number of methoxy groups -OCH3 is 1. The number of rotatable bonds is 4. The Morgan fingerprint density at radius 2 is 2.05 bits per heavy atom. The second-order valence-electron chi connectivity index (χ2n) is 4.11. The van der Waals surface area contributed by atoms with Crippen molar-refractivity contribution in [3.05, 3.63) is 47.8 Å². The predicted octanol–water partition coefficient (Wildman–Crippen LogP) is 1.97. The van der Waals surface area contributed by atoms with Crippen molar-refractivity contribution in [2.24, 2.45) is 0 Å². The largest absolute Gasteiger partial charge is 0.496 e. The van der Waals surface area contributed by atoms with Gasteiger partial charge in [0.05, 0.1) is 13.5 Å². The lowest BCUT2D eigenvalue weighted by molar-refractivity contribution is -0.115. The highest BCUT2D eigenvalue weighted by Gasteiger charge is 2.10. The molecule has 0 saturated carbocycles. The van der Waals surface area contributed by atoms with Gasteiger partial charge in [-0.15, -0.1) is 0 Å². The quantitative estimate of drug-likeness (QED) is 0.909. The van der Waals surface area contributed by atoms with Gasteiger partial charge in [0.25, 0.3) is 0 Å². The third-order valence-corrected chi connectivity index (χ3v) is 2.60. The average molecular weight is 257 g/mol. The summed E-state index contributed by atoms with van der Waals surface area (Å²) in [5, 5.41) is 2.64. The minimum Gasteiger partial charge on any atom is -0.496 e. The summed E-state index contributed by atoms with van der Waals surface area (Å²) in [5.41, 5.74) is 1.93. The van der Waals surface area contributed by atoms with Crippen LogP contribution in [0.25, 0.3) is 0 Å². The van der Waals surface area contributed by atoms with Crippen molar-refractivity contribution in [2.45, 2.75) is 13.3 Å². The minimum atomic E-state index is -0.171. The Kier molecular flexibility index (Phi) is 4.07. The first kappa shape index (κ1) is 13.0. The first-order valence-corrected chi connectivity index (χ1v) is 5.89. The number of aryl methyl sites for hydroxylation is 1. The van der Waals surface area contributed by atoms with E-state index in [1.807, 2.05) is 25.1 Å². The summed E-state index contributed by atoms with van der Waals surface area (Å²) in [6.07, 6.45) is 3.38. The Labute approximate surface area is 111 Å². The molecule has 19 heavy (non-hydrogen) atoms. The van der Waals surface area contributed by atoms with Crippen LogP contribution in [0, 0.1) is 6.92 Å². The second-order valence-corrected chi connectivity index (χ2v) is 4.11. The minimum absolute atomic E-state index is 0.171. The van der Waals surface area contributed by atoms with Gasteiger partial charge in [-0.3, -0.25) is 10.1 Å². The highest BCUT2D eigenvalue weighted by Crippen LogP contribution is 2.20. The van der Waals surface area contributed by atoms with Crippen LogP contribution in [0.4, 0.5) is 5.95 Å². The lowest BCUT2D eigenvalue weighted by Crippen LogP contribution is -2.16. The molecular weight excluding hydrogens is 242 g/mol. The number of carbonyl (C=O) groups is 1. The van der Waals surface area contributed by atoms with Crippen molar-refractivity contribution < 1.29 is 9.53 Å². The molecule has 0 aliphatic heterocycles. The number of ether oxygens (including phenoxy) is 1. The molecule has 0 bridgehead atoms. The fourth-order valence-corrected chi connectivity index (χ4v) is 1.75. The van der Waals surface area contributed by atoms with E-state index >= 15 is 0 Å². The summed E-state index contributed by atoms with van der Waals surface area (Å²) in [6.45, 7) is 1.97. The molecule has 2 aromatic rings. The van der Waals surface area contributed by atoms with E-state index in [0.717, 1.165) is 11.1 Å². The molecule has 5 nitrogen and oxygen atoms in total. The lowest BCUT2D eigenvalue weighted by atomic mass is 10.1. The highest BCUT2D eigenvalue weighted by molar-refractivity contribution is 5.91. The van der Waals surface area contributed by atoms with E-state index in [0.29, 0.717) is 11.7 Å². The third kappa shape index (κ3) is 3.51. The van der Waals surface area contributed by atoms with Gasteiger partial charge < -0.3 is 4.74 Å². The van der Waals surface area contributed by atoms with Gasteiger partial charge in [0.2, 0.25) is 11.9 Å². The zero-order valence-electron chi connectivity index (χ0n) is 10.9. The summed E-state index contributed by atoms with van der Waals surface area (Å²) < 4.78 is 5.24. The van der Waals surface area contributed by atoms with Gasteiger partial charge in [-0.05, 0) is 19.1 Å². The number of benzene rings is 1. The van der Waals surface area contributed by atoms with Crippen LogP contribution in [0.3, 0.4) is 0 Å². The molecule has 1 heterocycles. The number of aromatic nitrogens is 2. The van der Waals surface area contributed by atoms with Crippen LogP contribution in [0.5, 0.6) is 5.75 Å².